The molecule has 25 heavy (non-hydrogen) atoms. The van der Waals surface area contributed by atoms with E-state index in [1.807, 2.05) is 13.8 Å². The number of aromatic nitrogens is 1. The molecule has 0 saturated heterocycles. The zero-order valence-corrected chi connectivity index (χ0v) is 16.2. The van der Waals surface area contributed by atoms with Gasteiger partial charge < -0.3 is 15.1 Å². The second-order valence-corrected chi connectivity index (χ2v) is 7.24. The summed E-state index contributed by atoms with van der Waals surface area (Å²) in [4.78, 5) is 9.03. The molecule has 2 N–H and O–H groups in total. The Labute approximate surface area is 151 Å². The zero-order valence-electron chi connectivity index (χ0n) is 16.2. The molecule has 0 aliphatic heterocycles. The van der Waals surface area contributed by atoms with Crippen LogP contribution in [0.4, 0.5) is 0 Å². The molecule has 1 heterocycles. The van der Waals surface area contributed by atoms with E-state index < -0.39 is 0 Å². The molecule has 2 aromatic rings. The average molecular weight is 342 g/mol. The fourth-order valence-electron chi connectivity index (χ4n) is 2.40. The van der Waals surface area contributed by atoms with Crippen molar-refractivity contribution in [3.05, 3.63) is 52.7 Å². The van der Waals surface area contributed by atoms with Crippen LogP contribution in [0.5, 0.6) is 0 Å². The van der Waals surface area contributed by atoms with Gasteiger partial charge in [0, 0.05) is 6.54 Å². The maximum absolute atomic E-state index is 5.59. The number of nitrogens with zero attached hydrogens (tertiary/aromatic N) is 2. The van der Waals surface area contributed by atoms with Gasteiger partial charge in [0.05, 0.1) is 18.8 Å². The summed E-state index contributed by atoms with van der Waals surface area (Å²) < 4.78 is 5.59. The third kappa shape index (κ3) is 5.62. The van der Waals surface area contributed by atoms with E-state index in [4.69, 9.17) is 4.42 Å². The highest BCUT2D eigenvalue weighted by atomic mass is 16.4. The van der Waals surface area contributed by atoms with Crippen LogP contribution in [0.2, 0.25) is 0 Å². The molecule has 0 bridgehead atoms. The van der Waals surface area contributed by atoms with E-state index in [1.165, 1.54) is 11.1 Å². The first-order chi connectivity index (χ1) is 11.8. The quantitative estimate of drug-likeness (QED) is 0.640. The van der Waals surface area contributed by atoms with E-state index in [0.29, 0.717) is 19.0 Å². The van der Waals surface area contributed by atoms with Gasteiger partial charge in [0.15, 0.2) is 5.96 Å². The Kier molecular flexibility index (Phi) is 6.23. The minimum absolute atomic E-state index is 0.171. The highest BCUT2D eigenvalue weighted by Gasteiger charge is 2.12. The molecule has 136 valence electrons. The molecule has 5 nitrogen and oxygen atoms in total. The van der Waals surface area contributed by atoms with Crippen molar-refractivity contribution < 1.29 is 4.42 Å². The smallest absolute Gasteiger partial charge is 0.214 e. The summed E-state index contributed by atoms with van der Waals surface area (Å²) in [5, 5.41) is 6.52. The van der Waals surface area contributed by atoms with Crippen molar-refractivity contribution in [2.24, 2.45) is 4.99 Å². The summed E-state index contributed by atoms with van der Waals surface area (Å²) in [5.41, 5.74) is 3.62. The average Bonchev–Trinajstić information content (AvgIpc) is 2.88. The zero-order chi connectivity index (χ0) is 18.4. The summed E-state index contributed by atoms with van der Waals surface area (Å²) in [6, 6.07) is 8.66. The summed E-state index contributed by atoms with van der Waals surface area (Å²) in [7, 11) is 0. The number of benzene rings is 1. The second kappa shape index (κ2) is 8.19. The van der Waals surface area contributed by atoms with Crippen molar-refractivity contribution in [2.45, 2.75) is 60.0 Å². The van der Waals surface area contributed by atoms with Gasteiger partial charge in [0.2, 0.25) is 5.89 Å². The number of aryl methyl sites for hydroxylation is 2. The van der Waals surface area contributed by atoms with Gasteiger partial charge in [-0.2, -0.15) is 0 Å². The molecule has 0 unspecified atom stereocenters. The molecule has 0 atom stereocenters. The standard InChI is InChI=1S/C20H30N4O/c1-7-21-19(23-13-18-24-14(2)15(3)25-18)22-12-16-8-10-17(11-9-16)20(4,5)6/h8-11H,7,12-13H2,1-6H3,(H2,21,22,23). The van der Waals surface area contributed by atoms with E-state index in [-0.39, 0.29) is 5.41 Å². The molecule has 0 amide bonds. The minimum atomic E-state index is 0.171. The fourth-order valence-corrected chi connectivity index (χ4v) is 2.40. The molecule has 1 aromatic heterocycles. The van der Waals surface area contributed by atoms with Gasteiger partial charge in [-0.3, -0.25) is 0 Å². The fraction of sp³-hybridized carbons (Fsp3) is 0.500. The van der Waals surface area contributed by atoms with Crippen molar-refractivity contribution in [2.75, 3.05) is 6.54 Å². The van der Waals surface area contributed by atoms with E-state index in [1.54, 1.807) is 0 Å². The van der Waals surface area contributed by atoms with Crippen LogP contribution in [-0.2, 0) is 18.5 Å². The van der Waals surface area contributed by atoms with Gasteiger partial charge in [-0.25, -0.2) is 9.98 Å². The van der Waals surface area contributed by atoms with Gasteiger partial charge in [0.1, 0.15) is 5.76 Å². The molecule has 0 aliphatic carbocycles. The Morgan fingerprint density at radius 2 is 1.80 bits per heavy atom. The maximum Gasteiger partial charge on any atom is 0.214 e. The molecule has 5 heteroatoms. The number of rotatable bonds is 5. The van der Waals surface area contributed by atoms with E-state index >= 15 is 0 Å². The summed E-state index contributed by atoms with van der Waals surface area (Å²) in [6.07, 6.45) is 0. The maximum atomic E-state index is 5.59. The van der Waals surface area contributed by atoms with Crippen LogP contribution in [-0.4, -0.2) is 17.5 Å². The van der Waals surface area contributed by atoms with Gasteiger partial charge in [-0.05, 0) is 37.3 Å². The van der Waals surface area contributed by atoms with E-state index in [0.717, 1.165) is 24.0 Å². The first-order valence-electron chi connectivity index (χ1n) is 8.84. The largest absolute Gasteiger partial charge is 0.444 e. The SMILES string of the molecule is CCNC(=NCc1ccc(C(C)(C)C)cc1)NCc1nc(C)c(C)o1. The van der Waals surface area contributed by atoms with Gasteiger partial charge >= 0.3 is 0 Å². The Morgan fingerprint density at radius 1 is 1.12 bits per heavy atom. The lowest BCUT2D eigenvalue weighted by atomic mass is 9.87. The first kappa shape index (κ1) is 19.0. The van der Waals surface area contributed by atoms with Crippen molar-refractivity contribution >= 4 is 5.96 Å². The molecule has 0 saturated carbocycles. The summed E-state index contributed by atoms with van der Waals surface area (Å²) >= 11 is 0. The number of guanidine groups is 1. The van der Waals surface area contributed by atoms with Crippen LogP contribution in [0.25, 0.3) is 0 Å². The van der Waals surface area contributed by atoms with Crippen LogP contribution in [0, 0.1) is 13.8 Å². The van der Waals surface area contributed by atoms with Gasteiger partial charge in [-0.15, -0.1) is 0 Å². The van der Waals surface area contributed by atoms with Crippen molar-refractivity contribution in [3.63, 3.8) is 0 Å². The lowest BCUT2D eigenvalue weighted by molar-refractivity contribution is 0.463. The van der Waals surface area contributed by atoms with Crippen LogP contribution in [0.3, 0.4) is 0 Å². The van der Waals surface area contributed by atoms with Crippen molar-refractivity contribution in [1.82, 2.24) is 15.6 Å². The molecular weight excluding hydrogens is 312 g/mol. The molecule has 0 aliphatic rings. The molecule has 1 aromatic carbocycles. The molecule has 0 fully saturated rings. The highest BCUT2D eigenvalue weighted by Crippen LogP contribution is 2.22. The summed E-state index contributed by atoms with van der Waals surface area (Å²) in [5.74, 6) is 2.30. The number of oxazole rings is 1. The van der Waals surface area contributed by atoms with Crippen LogP contribution >= 0.6 is 0 Å². The van der Waals surface area contributed by atoms with Gasteiger partial charge in [0.25, 0.3) is 0 Å². The Bertz CT molecular complexity index is 689. The third-order valence-corrected chi connectivity index (χ3v) is 4.06. The monoisotopic (exact) mass is 342 g/mol. The first-order valence-corrected chi connectivity index (χ1v) is 8.84. The van der Waals surface area contributed by atoms with Crippen LogP contribution in [0.15, 0.2) is 33.7 Å². The second-order valence-electron chi connectivity index (χ2n) is 7.24. The normalized spacial score (nSPS) is 12.3. The van der Waals surface area contributed by atoms with E-state index in [9.17, 15) is 0 Å². The molecule has 0 radical (unpaired) electrons. The molecule has 2 rings (SSSR count). The van der Waals surface area contributed by atoms with Crippen LogP contribution < -0.4 is 10.6 Å². The number of hydrogen-bond acceptors (Lipinski definition) is 3. The Morgan fingerprint density at radius 3 is 2.32 bits per heavy atom. The van der Waals surface area contributed by atoms with E-state index in [2.05, 4.69) is 72.6 Å². The van der Waals surface area contributed by atoms with Crippen molar-refractivity contribution in [1.29, 1.82) is 0 Å². The van der Waals surface area contributed by atoms with Crippen LogP contribution in [0.1, 0.15) is 56.2 Å². The topological polar surface area (TPSA) is 62.5 Å². The minimum Gasteiger partial charge on any atom is -0.444 e. The molecular formula is C20H30N4O. The number of aliphatic imine (C=N–C) groups is 1. The number of hydrogen-bond donors (Lipinski definition) is 2. The van der Waals surface area contributed by atoms with Crippen molar-refractivity contribution in [3.8, 4) is 0 Å². The molecule has 0 spiro atoms. The number of nitrogens with one attached hydrogen (secondary N) is 2. The predicted octanol–water partition coefficient (Wildman–Crippen LogP) is 3.84. The lowest BCUT2D eigenvalue weighted by Gasteiger charge is -2.19. The third-order valence-electron chi connectivity index (χ3n) is 4.06. The van der Waals surface area contributed by atoms with Gasteiger partial charge in [-0.1, -0.05) is 45.0 Å². The lowest BCUT2D eigenvalue weighted by Crippen LogP contribution is -2.36. The predicted molar refractivity (Wildman–Crippen MR) is 103 cm³/mol. The Hall–Kier alpha value is -2.30. The Balaban J connectivity index is 1.98. The summed E-state index contributed by atoms with van der Waals surface area (Å²) in [6.45, 7) is 14.5. The highest BCUT2D eigenvalue weighted by molar-refractivity contribution is 5.79.